The Balaban J connectivity index is 2.18. The van der Waals surface area contributed by atoms with E-state index in [0.717, 1.165) is 30.3 Å². The van der Waals surface area contributed by atoms with Gasteiger partial charge in [0, 0.05) is 12.2 Å². The Morgan fingerprint density at radius 1 is 1.20 bits per heavy atom. The van der Waals surface area contributed by atoms with Gasteiger partial charge in [0.05, 0.1) is 6.61 Å². The molecule has 1 N–H and O–H groups in total. The van der Waals surface area contributed by atoms with E-state index < -0.39 is 0 Å². The fourth-order valence-corrected chi connectivity index (χ4v) is 1.72. The normalized spacial score (nSPS) is 10.2. The second-order valence-corrected chi connectivity index (χ2v) is 4.98. The number of hydrogen-bond donors (Lipinski definition) is 1. The van der Waals surface area contributed by atoms with Gasteiger partial charge in [0.1, 0.15) is 19.0 Å². The number of aliphatic hydroxyl groups is 1. The summed E-state index contributed by atoms with van der Waals surface area (Å²) in [5, 5.41) is 8.65. The van der Waals surface area contributed by atoms with Crippen molar-refractivity contribution in [2.24, 2.45) is 5.92 Å². The highest BCUT2D eigenvalue weighted by atomic mass is 16.5. The molecular formula is C17H24O3. The standard InChI is InChI=1S/C17H24O3/c1-15(2)6-5-11-19-12-13-20-17-9-3-7-16(14-17)8-4-10-18/h3,7,9,14-15,18H,5-6,10-13H2,1-2H3. The molecule has 0 aliphatic rings. The smallest absolute Gasteiger partial charge is 0.120 e. The maximum Gasteiger partial charge on any atom is 0.120 e. The fourth-order valence-electron chi connectivity index (χ4n) is 1.72. The number of benzene rings is 1. The highest BCUT2D eigenvalue weighted by Gasteiger charge is 1.97. The van der Waals surface area contributed by atoms with Gasteiger partial charge in [-0.1, -0.05) is 31.8 Å². The molecule has 3 nitrogen and oxygen atoms in total. The molecule has 0 fully saturated rings. The van der Waals surface area contributed by atoms with Gasteiger partial charge in [0.15, 0.2) is 0 Å². The Bertz CT molecular complexity index is 429. The van der Waals surface area contributed by atoms with Crippen molar-refractivity contribution in [2.45, 2.75) is 26.7 Å². The maximum absolute atomic E-state index is 8.65. The Morgan fingerprint density at radius 3 is 2.80 bits per heavy atom. The van der Waals surface area contributed by atoms with Crippen LogP contribution in [-0.2, 0) is 4.74 Å². The number of ether oxygens (including phenoxy) is 2. The average molecular weight is 276 g/mol. The molecule has 0 heterocycles. The number of aliphatic hydroxyl groups excluding tert-OH is 1. The molecule has 0 unspecified atom stereocenters. The van der Waals surface area contributed by atoms with Gasteiger partial charge in [-0.15, -0.1) is 0 Å². The van der Waals surface area contributed by atoms with Crippen LogP contribution in [0.2, 0.25) is 0 Å². The monoisotopic (exact) mass is 276 g/mol. The highest BCUT2D eigenvalue weighted by molar-refractivity contribution is 5.39. The molecule has 0 atom stereocenters. The second kappa shape index (κ2) is 10.3. The van der Waals surface area contributed by atoms with Crippen LogP contribution in [0.1, 0.15) is 32.3 Å². The third-order valence-corrected chi connectivity index (χ3v) is 2.71. The lowest BCUT2D eigenvalue weighted by molar-refractivity contribution is 0.0957. The van der Waals surface area contributed by atoms with Gasteiger partial charge in [-0.3, -0.25) is 0 Å². The largest absolute Gasteiger partial charge is 0.491 e. The Kier molecular flexibility index (Phi) is 8.53. The van der Waals surface area contributed by atoms with Crippen LogP contribution < -0.4 is 4.74 Å². The summed E-state index contributed by atoms with van der Waals surface area (Å²) in [5.41, 5.74) is 0.842. The molecule has 0 radical (unpaired) electrons. The van der Waals surface area contributed by atoms with E-state index in [9.17, 15) is 0 Å². The zero-order valence-electron chi connectivity index (χ0n) is 12.4. The van der Waals surface area contributed by atoms with E-state index in [1.165, 1.54) is 6.42 Å². The summed E-state index contributed by atoms with van der Waals surface area (Å²) in [4.78, 5) is 0. The zero-order chi connectivity index (χ0) is 14.6. The van der Waals surface area contributed by atoms with Crippen LogP contribution in [0, 0.1) is 17.8 Å². The number of hydrogen-bond acceptors (Lipinski definition) is 3. The number of rotatable bonds is 8. The topological polar surface area (TPSA) is 38.7 Å². The lowest BCUT2D eigenvalue weighted by Gasteiger charge is -2.08. The molecule has 0 saturated heterocycles. The molecule has 20 heavy (non-hydrogen) atoms. The van der Waals surface area contributed by atoms with Crippen LogP contribution in [0.15, 0.2) is 24.3 Å². The fraction of sp³-hybridized carbons (Fsp3) is 0.529. The summed E-state index contributed by atoms with van der Waals surface area (Å²) in [7, 11) is 0. The van der Waals surface area contributed by atoms with Gasteiger partial charge in [-0.05, 0) is 37.0 Å². The first-order valence-electron chi connectivity index (χ1n) is 7.12. The molecule has 1 aromatic rings. The van der Waals surface area contributed by atoms with Crippen LogP contribution in [-0.4, -0.2) is 31.5 Å². The zero-order valence-corrected chi connectivity index (χ0v) is 12.4. The van der Waals surface area contributed by atoms with Crippen LogP contribution in [0.4, 0.5) is 0 Å². The minimum Gasteiger partial charge on any atom is -0.491 e. The van der Waals surface area contributed by atoms with Crippen molar-refractivity contribution < 1.29 is 14.6 Å². The summed E-state index contributed by atoms with van der Waals surface area (Å²) in [6, 6.07) is 7.53. The molecule has 0 spiro atoms. The van der Waals surface area contributed by atoms with E-state index >= 15 is 0 Å². The van der Waals surface area contributed by atoms with Gasteiger partial charge < -0.3 is 14.6 Å². The molecule has 0 aliphatic carbocycles. The van der Waals surface area contributed by atoms with E-state index in [1.54, 1.807) is 0 Å². The molecule has 0 aliphatic heterocycles. The predicted molar refractivity (Wildman–Crippen MR) is 80.8 cm³/mol. The first-order chi connectivity index (χ1) is 9.72. The van der Waals surface area contributed by atoms with Crippen molar-refractivity contribution in [2.75, 3.05) is 26.4 Å². The van der Waals surface area contributed by atoms with Gasteiger partial charge in [-0.2, -0.15) is 0 Å². The molecular weight excluding hydrogens is 252 g/mol. The van der Waals surface area contributed by atoms with Gasteiger partial charge in [-0.25, -0.2) is 0 Å². The Morgan fingerprint density at radius 2 is 2.05 bits per heavy atom. The molecule has 0 saturated carbocycles. The highest BCUT2D eigenvalue weighted by Crippen LogP contribution is 2.12. The van der Waals surface area contributed by atoms with E-state index in [2.05, 4.69) is 25.7 Å². The van der Waals surface area contributed by atoms with Crippen molar-refractivity contribution in [3.63, 3.8) is 0 Å². The molecule has 1 rings (SSSR count). The molecule has 0 bridgehead atoms. The summed E-state index contributed by atoms with van der Waals surface area (Å²) in [5.74, 6) is 6.98. The van der Waals surface area contributed by atoms with Crippen molar-refractivity contribution >= 4 is 0 Å². The lowest BCUT2D eigenvalue weighted by atomic mass is 10.1. The van der Waals surface area contributed by atoms with E-state index in [4.69, 9.17) is 14.6 Å². The molecule has 3 heteroatoms. The van der Waals surface area contributed by atoms with E-state index in [0.29, 0.717) is 13.2 Å². The summed E-state index contributed by atoms with van der Waals surface area (Å²) < 4.78 is 11.1. The van der Waals surface area contributed by atoms with Gasteiger partial charge in [0.25, 0.3) is 0 Å². The first kappa shape index (κ1) is 16.6. The maximum atomic E-state index is 8.65. The van der Waals surface area contributed by atoms with Crippen molar-refractivity contribution in [1.29, 1.82) is 0 Å². The van der Waals surface area contributed by atoms with Crippen molar-refractivity contribution in [1.82, 2.24) is 0 Å². The molecule has 0 amide bonds. The third kappa shape index (κ3) is 7.83. The lowest BCUT2D eigenvalue weighted by Crippen LogP contribution is -2.08. The molecule has 0 aromatic heterocycles. The third-order valence-electron chi connectivity index (χ3n) is 2.71. The summed E-state index contributed by atoms with van der Waals surface area (Å²) >= 11 is 0. The Hall–Kier alpha value is -1.50. The van der Waals surface area contributed by atoms with E-state index in [-0.39, 0.29) is 6.61 Å². The minimum atomic E-state index is -0.130. The van der Waals surface area contributed by atoms with Gasteiger partial charge in [0.2, 0.25) is 0 Å². The SMILES string of the molecule is CC(C)CCCOCCOc1cccc(C#CCO)c1. The minimum absolute atomic E-state index is 0.130. The van der Waals surface area contributed by atoms with Gasteiger partial charge >= 0.3 is 0 Å². The predicted octanol–water partition coefficient (Wildman–Crippen LogP) is 2.86. The van der Waals surface area contributed by atoms with Crippen molar-refractivity contribution in [3.8, 4) is 17.6 Å². The molecule has 1 aromatic carbocycles. The summed E-state index contributed by atoms with van der Waals surface area (Å²) in [6.07, 6.45) is 2.30. The average Bonchev–Trinajstić information content (AvgIpc) is 2.44. The quantitative estimate of drug-likeness (QED) is 0.586. The van der Waals surface area contributed by atoms with Crippen molar-refractivity contribution in [3.05, 3.63) is 29.8 Å². The first-order valence-corrected chi connectivity index (χ1v) is 7.12. The van der Waals surface area contributed by atoms with Crippen LogP contribution in [0.25, 0.3) is 0 Å². The van der Waals surface area contributed by atoms with E-state index in [1.807, 2.05) is 24.3 Å². The summed E-state index contributed by atoms with van der Waals surface area (Å²) in [6.45, 7) is 6.24. The van der Waals surface area contributed by atoms with Crippen LogP contribution in [0.5, 0.6) is 5.75 Å². The van der Waals surface area contributed by atoms with Crippen LogP contribution >= 0.6 is 0 Å². The molecule has 110 valence electrons. The second-order valence-electron chi connectivity index (χ2n) is 4.98. The van der Waals surface area contributed by atoms with Crippen LogP contribution in [0.3, 0.4) is 0 Å². The Labute approximate surface area is 121 Å².